The number of rotatable bonds is 5. The second kappa shape index (κ2) is 9.21. The van der Waals surface area contributed by atoms with Crippen LogP contribution in [0.3, 0.4) is 0 Å². The van der Waals surface area contributed by atoms with Gasteiger partial charge < -0.3 is 10.0 Å². The lowest BCUT2D eigenvalue weighted by Crippen LogP contribution is -2.26. The summed E-state index contributed by atoms with van der Waals surface area (Å²) in [6.07, 6.45) is 6.61. The van der Waals surface area contributed by atoms with E-state index in [1.165, 1.54) is 40.4 Å². The summed E-state index contributed by atoms with van der Waals surface area (Å²) < 4.78 is 2.29. The number of carboxylic acid groups (broad SMARTS) is 1. The van der Waals surface area contributed by atoms with Crippen LogP contribution in [-0.2, 0) is 10.8 Å². The van der Waals surface area contributed by atoms with Crippen LogP contribution in [0.2, 0.25) is 0 Å². The second-order valence-corrected chi connectivity index (χ2v) is 10.9. The van der Waals surface area contributed by atoms with Gasteiger partial charge in [0.05, 0.1) is 22.4 Å². The average molecular weight is 506 g/mol. The number of aromatic carboxylic acids is 1. The summed E-state index contributed by atoms with van der Waals surface area (Å²) in [5.41, 5.74) is 8.74. The fourth-order valence-electron chi connectivity index (χ4n) is 5.70. The molecule has 6 heteroatoms. The molecule has 0 fully saturated rings. The van der Waals surface area contributed by atoms with E-state index in [4.69, 9.17) is 5.11 Å². The standard InChI is InChI=1S/C32H32N4O2/c1-31(2)24-10-7-8-11-26(24)35(5)28(31)12-9-13-29-32(3,4)25-20-23(18-19-27(25)36(29)6)34-33-22-16-14-21(15-17-22)30(37)38/h7-20H,1-6H3/p+1/b34-33-. The van der Waals surface area contributed by atoms with Crippen LogP contribution >= 0.6 is 0 Å². The van der Waals surface area contributed by atoms with Crippen molar-refractivity contribution >= 4 is 34.4 Å². The van der Waals surface area contributed by atoms with Crippen molar-refractivity contribution in [3.63, 3.8) is 0 Å². The van der Waals surface area contributed by atoms with Gasteiger partial charge in [-0.15, -0.1) is 0 Å². The van der Waals surface area contributed by atoms with Gasteiger partial charge in [0.25, 0.3) is 0 Å². The molecule has 0 radical (unpaired) electrons. The monoisotopic (exact) mass is 505 g/mol. The first-order valence-electron chi connectivity index (χ1n) is 12.7. The predicted octanol–water partition coefficient (Wildman–Crippen LogP) is 7.67. The topological polar surface area (TPSA) is 68.3 Å². The molecule has 38 heavy (non-hydrogen) atoms. The van der Waals surface area contributed by atoms with Crippen LogP contribution < -0.4 is 4.90 Å². The van der Waals surface area contributed by atoms with Gasteiger partial charge in [-0.2, -0.15) is 14.8 Å². The predicted molar refractivity (Wildman–Crippen MR) is 153 cm³/mol. The molecule has 0 aliphatic carbocycles. The van der Waals surface area contributed by atoms with E-state index in [1.807, 2.05) is 6.07 Å². The lowest BCUT2D eigenvalue weighted by atomic mass is 9.81. The van der Waals surface area contributed by atoms with Crippen LogP contribution in [0.1, 0.15) is 49.2 Å². The van der Waals surface area contributed by atoms with Gasteiger partial charge in [-0.3, -0.25) is 0 Å². The molecule has 2 heterocycles. The van der Waals surface area contributed by atoms with E-state index in [2.05, 4.69) is 116 Å². The largest absolute Gasteiger partial charge is 0.478 e. The summed E-state index contributed by atoms with van der Waals surface area (Å²) in [6.45, 7) is 9.02. The Morgan fingerprint density at radius 1 is 0.895 bits per heavy atom. The summed E-state index contributed by atoms with van der Waals surface area (Å²) in [6, 6.07) is 21.1. The molecular weight excluding hydrogens is 472 g/mol. The van der Waals surface area contributed by atoms with Gasteiger partial charge in [0.1, 0.15) is 7.05 Å². The molecule has 0 unspecified atom stereocenters. The maximum atomic E-state index is 11.1. The Balaban J connectivity index is 1.40. The molecular formula is C32H33N4O2+. The number of para-hydroxylation sites is 1. The molecule has 0 spiro atoms. The molecule has 0 aromatic heterocycles. The number of anilines is 1. The molecule has 0 amide bonds. The van der Waals surface area contributed by atoms with Crippen LogP contribution in [0.25, 0.3) is 0 Å². The molecule has 192 valence electrons. The first-order valence-corrected chi connectivity index (χ1v) is 12.7. The zero-order chi connectivity index (χ0) is 27.2. The molecule has 0 atom stereocenters. The van der Waals surface area contributed by atoms with Crippen LogP contribution in [0.15, 0.2) is 101 Å². The first kappa shape index (κ1) is 25.3. The summed E-state index contributed by atoms with van der Waals surface area (Å²) in [5, 5.41) is 17.8. The first-order chi connectivity index (χ1) is 18.0. The van der Waals surface area contributed by atoms with E-state index >= 15 is 0 Å². The van der Waals surface area contributed by atoms with Crippen LogP contribution in [0.5, 0.6) is 0 Å². The summed E-state index contributed by atoms with van der Waals surface area (Å²) in [7, 11) is 4.24. The fourth-order valence-corrected chi connectivity index (χ4v) is 5.70. The van der Waals surface area contributed by atoms with Gasteiger partial charge in [0, 0.05) is 41.6 Å². The molecule has 0 bridgehead atoms. The average Bonchev–Trinajstić information content (AvgIpc) is 3.21. The van der Waals surface area contributed by atoms with Crippen LogP contribution in [0, 0.1) is 0 Å². The number of carbonyl (C=O) groups is 1. The number of nitrogens with zero attached hydrogens (tertiary/aromatic N) is 4. The number of allylic oxidation sites excluding steroid dienone is 4. The van der Waals surface area contributed by atoms with E-state index < -0.39 is 5.97 Å². The number of fused-ring (bicyclic) bond motifs is 2. The third-order valence-electron chi connectivity index (χ3n) is 7.86. The molecule has 0 saturated heterocycles. The molecule has 3 aromatic rings. The number of hydrogen-bond acceptors (Lipinski definition) is 4. The molecule has 1 N–H and O–H groups in total. The molecule has 2 aliphatic heterocycles. The normalized spacial score (nSPS) is 18.6. The highest BCUT2D eigenvalue weighted by atomic mass is 16.4. The van der Waals surface area contributed by atoms with E-state index in [0.29, 0.717) is 5.69 Å². The van der Waals surface area contributed by atoms with Crippen molar-refractivity contribution in [1.29, 1.82) is 0 Å². The highest BCUT2D eigenvalue weighted by Crippen LogP contribution is 2.48. The van der Waals surface area contributed by atoms with Gasteiger partial charge in [0.15, 0.2) is 5.71 Å². The highest BCUT2D eigenvalue weighted by molar-refractivity contribution is 6.03. The minimum Gasteiger partial charge on any atom is -0.478 e. The van der Waals surface area contributed by atoms with Gasteiger partial charge in [-0.25, -0.2) is 4.79 Å². The number of likely N-dealkylation sites (N-methyl/N-ethyl adjacent to an activating group) is 1. The lowest BCUT2D eigenvalue weighted by molar-refractivity contribution is -0.401. The van der Waals surface area contributed by atoms with E-state index in [0.717, 1.165) is 11.4 Å². The lowest BCUT2D eigenvalue weighted by Gasteiger charge is -2.23. The molecule has 2 aliphatic rings. The van der Waals surface area contributed by atoms with E-state index in [9.17, 15) is 4.79 Å². The second-order valence-electron chi connectivity index (χ2n) is 10.9. The third-order valence-corrected chi connectivity index (χ3v) is 7.86. The zero-order valence-electron chi connectivity index (χ0n) is 22.7. The Labute approximate surface area is 224 Å². The Bertz CT molecular complexity index is 1560. The Hall–Kier alpha value is -4.32. The Kier molecular flexibility index (Phi) is 6.14. The molecule has 3 aromatic carbocycles. The van der Waals surface area contributed by atoms with Crippen molar-refractivity contribution < 1.29 is 14.5 Å². The Morgan fingerprint density at radius 2 is 1.55 bits per heavy atom. The SMILES string of the molecule is CN1/C(=C\C=C\C2=[N+](C)c3ccccc3C2(C)C)C(C)(C)c2cc(/N=N\c3ccc(C(=O)O)cc3)ccc21. The molecule has 5 rings (SSSR count). The van der Waals surface area contributed by atoms with E-state index in [-0.39, 0.29) is 16.4 Å². The number of carboxylic acids is 1. The van der Waals surface area contributed by atoms with Gasteiger partial charge >= 0.3 is 5.97 Å². The number of benzene rings is 3. The van der Waals surface area contributed by atoms with Crippen molar-refractivity contribution in [3.8, 4) is 0 Å². The minimum atomic E-state index is -0.958. The highest BCUT2D eigenvalue weighted by Gasteiger charge is 2.42. The van der Waals surface area contributed by atoms with Gasteiger partial charge in [-0.05, 0) is 68.0 Å². The van der Waals surface area contributed by atoms with Crippen LogP contribution in [-0.4, -0.2) is 35.5 Å². The van der Waals surface area contributed by atoms with E-state index in [1.54, 1.807) is 12.1 Å². The summed E-state index contributed by atoms with van der Waals surface area (Å²) >= 11 is 0. The van der Waals surface area contributed by atoms with Gasteiger partial charge in [0.2, 0.25) is 5.69 Å². The molecule has 0 saturated carbocycles. The number of hydrogen-bond donors (Lipinski definition) is 1. The maximum Gasteiger partial charge on any atom is 0.335 e. The van der Waals surface area contributed by atoms with Gasteiger partial charge in [-0.1, -0.05) is 38.1 Å². The summed E-state index contributed by atoms with van der Waals surface area (Å²) in [5.74, 6) is -0.958. The smallest absolute Gasteiger partial charge is 0.335 e. The maximum absolute atomic E-state index is 11.1. The van der Waals surface area contributed by atoms with Crippen LogP contribution in [0.4, 0.5) is 22.7 Å². The third kappa shape index (κ3) is 4.16. The Morgan fingerprint density at radius 3 is 2.24 bits per heavy atom. The van der Waals surface area contributed by atoms with Crippen molar-refractivity contribution in [2.75, 3.05) is 19.0 Å². The minimum absolute atomic E-state index is 0.0612. The van der Waals surface area contributed by atoms with Crippen molar-refractivity contribution in [1.82, 2.24) is 0 Å². The summed E-state index contributed by atoms with van der Waals surface area (Å²) in [4.78, 5) is 13.3. The zero-order valence-corrected chi connectivity index (χ0v) is 22.7. The molecule has 6 nitrogen and oxygen atoms in total. The number of azo groups is 1. The fraction of sp³-hybridized carbons (Fsp3) is 0.250. The van der Waals surface area contributed by atoms with Crippen molar-refractivity contribution in [3.05, 3.63) is 107 Å². The van der Waals surface area contributed by atoms with Crippen molar-refractivity contribution in [2.24, 2.45) is 10.2 Å². The quantitative estimate of drug-likeness (QED) is 0.286. The van der Waals surface area contributed by atoms with Crippen molar-refractivity contribution in [2.45, 2.75) is 38.5 Å².